The maximum atomic E-state index is 12.9. The number of ether oxygens (including phenoxy) is 1. The Morgan fingerprint density at radius 2 is 1.79 bits per heavy atom. The molecule has 0 bridgehead atoms. The molecule has 0 radical (unpaired) electrons. The van der Waals surface area contributed by atoms with Gasteiger partial charge in [0.1, 0.15) is 5.60 Å². The summed E-state index contributed by atoms with van der Waals surface area (Å²) < 4.78 is 44.0. The summed E-state index contributed by atoms with van der Waals surface area (Å²) in [4.78, 5) is 12.3. The van der Waals surface area contributed by atoms with Gasteiger partial charge in [-0.25, -0.2) is 0 Å². The first-order chi connectivity index (χ1) is 8.76. The van der Waals surface area contributed by atoms with E-state index in [1.54, 1.807) is 13.8 Å². The number of alkyl halides is 3. The summed E-state index contributed by atoms with van der Waals surface area (Å²) in [6, 6.07) is 4.79. The van der Waals surface area contributed by atoms with Crippen LogP contribution in [0.15, 0.2) is 24.3 Å². The lowest BCUT2D eigenvalue weighted by Gasteiger charge is -2.27. The summed E-state index contributed by atoms with van der Waals surface area (Å²) in [7, 11) is 0. The first-order valence-corrected chi connectivity index (χ1v) is 6.11. The van der Waals surface area contributed by atoms with Crippen molar-refractivity contribution in [3.8, 4) is 0 Å². The van der Waals surface area contributed by atoms with E-state index < -0.39 is 23.1 Å². The summed E-state index contributed by atoms with van der Waals surface area (Å²) in [5.74, 6) is -0.634. The highest BCUT2D eigenvalue weighted by molar-refractivity contribution is 6.03. The molecule has 2 nitrogen and oxygen atoms in total. The minimum atomic E-state index is -4.55. The van der Waals surface area contributed by atoms with E-state index in [0.29, 0.717) is 6.42 Å². The molecule has 5 heteroatoms. The number of benzene rings is 1. The predicted octanol–water partition coefficient (Wildman–Crippen LogP) is 4.09. The van der Waals surface area contributed by atoms with Crippen LogP contribution < -0.4 is 0 Å². The van der Waals surface area contributed by atoms with Gasteiger partial charge in [0.05, 0.1) is 5.56 Å². The van der Waals surface area contributed by atoms with Crippen LogP contribution in [0.5, 0.6) is 0 Å². The smallest absolute Gasteiger partial charge is 0.367 e. The van der Waals surface area contributed by atoms with E-state index in [4.69, 9.17) is 4.74 Å². The largest absolute Gasteiger partial charge is 0.417 e. The Hall–Kier alpha value is -1.36. The van der Waals surface area contributed by atoms with Crippen LogP contribution in [0.4, 0.5) is 13.2 Å². The van der Waals surface area contributed by atoms with E-state index in [1.807, 2.05) is 0 Å². The van der Waals surface area contributed by atoms with Gasteiger partial charge in [0, 0.05) is 12.2 Å². The number of carbonyl (C=O) groups excluding carboxylic acids is 1. The number of hydrogen-bond acceptors (Lipinski definition) is 2. The Labute approximate surface area is 110 Å². The van der Waals surface area contributed by atoms with Gasteiger partial charge >= 0.3 is 6.18 Å². The molecule has 0 aliphatic rings. The number of Topliss-reactive ketones (excluding diaryl/α,β-unsaturated/α-hetero) is 1. The topological polar surface area (TPSA) is 26.3 Å². The molecule has 0 aliphatic heterocycles. The molecule has 1 unspecified atom stereocenters. The molecule has 0 saturated heterocycles. The second kappa shape index (κ2) is 5.74. The molecule has 0 heterocycles. The Balaban J connectivity index is 3.27. The fraction of sp³-hybridized carbons (Fsp3) is 0.500. The van der Waals surface area contributed by atoms with Crippen molar-refractivity contribution in [3.63, 3.8) is 0 Å². The van der Waals surface area contributed by atoms with E-state index in [1.165, 1.54) is 25.1 Å². The zero-order chi connectivity index (χ0) is 14.7. The van der Waals surface area contributed by atoms with E-state index in [-0.39, 0.29) is 12.2 Å². The number of halogens is 3. The normalized spacial score (nSPS) is 15.1. The summed E-state index contributed by atoms with van der Waals surface area (Å²) in [6.07, 6.45) is -4.24. The van der Waals surface area contributed by atoms with Crippen molar-refractivity contribution in [2.24, 2.45) is 0 Å². The van der Waals surface area contributed by atoms with Crippen molar-refractivity contribution in [1.82, 2.24) is 0 Å². The van der Waals surface area contributed by atoms with Gasteiger partial charge in [-0.1, -0.05) is 25.1 Å². The fourth-order valence-electron chi connectivity index (χ4n) is 1.86. The third-order valence-electron chi connectivity index (χ3n) is 3.09. The van der Waals surface area contributed by atoms with Crippen molar-refractivity contribution in [2.45, 2.75) is 39.0 Å². The average Bonchev–Trinajstić information content (AvgIpc) is 2.37. The van der Waals surface area contributed by atoms with Crippen LogP contribution in [0.3, 0.4) is 0 Å². The number of carbonyl (C=O) groups is 1. The van der Waals surface area contributed by atoms with Gasteiger partial charge in [-0.15, -0.1) is 0 Å². The molecule has 1 aromatic carbocycles. The van der Waals surface area contributed by atoms with Crippen LogP contribution in [-0.2, 0) is 10.9 Å². The van der Waals surface area contributed by atoms with Gasteiger partial charge in [0.15, 0.2) is 5.78 Å². The zero-order valence-electron chi connectivity index (χ0n) is 11.2. The monoisotopic (exact) mass is 274 g/mol. The first-order valence-electron chi connectivity index (χ1n) is 6.11. The summed E-state index contributed by atoms with van der Waals surface area (Å²) in [6.45, 7) is 5.21. The van der Waals surface area contributed by atoms with E-state index in [0.717, 1.165) is 6.07 Å². The molecule has 0 fully saturated rings. The molecule has 0 amide bonds. The lowest BCUT2D eigenvalue weighted by Crippen LogP contribution is -2.39. The number of rotatable bonds is 5. The van der Waals surface area contributed by atoms with Crippen LogP contribution in [-0.4, -0.2) is 18.0 Å². The van der Waals surface area contributed by atoms with Gasteiger partial charge < -0.3 is 4.74 Å². The van der Waals surface area contributed by atoms with Gasteiger partial charge in [-0.05, 0) is 26.3 Å². The molecule has 19 heavy (non-hydrogen) atoms. The Morgan fingerprint density at radius 1 is 1.21 bits per heavy atom. The van der Waals surface area contributed by atoms with Crippen LogP contribution in [0.1, 0.15) is 43.1 Å². The molecule has 0 aliphatic carbocycles. The molecule has 0 aromatic heterocycles. The van der Waals surface area contributed by atoms with Crippen molar-refractivity contribution < 1.29 is 22.7 Å². The molecule has 0 N–H and O–H groups in total. The van der Waals surface area contributed by atoms with Crippen molar-refractivity contribution in [1.29, 1.82) is 0 Å². The maximum absolute atomic E-state index is 12.9. The average molecular weight is 274 g/mol. The first kappa shape index (κ1) is 15.7. The second-order valence-electron chi connectivity index (χ2n) is 4.39. The molecule has 1 rings (SSSR count). The Morgan fingerprint density at radius 3 is 2.26 bits per heavy atom. The van der Waals surface area contributed by atoms with Crippen molar-refractivity contribution in [2.75, 3.05) is 6.61 Å². The third-order valence-corrected chi connectivity index (χ3v) is 3.09. The Bertz CT molecular complexity index is 454. The molecular weight excluding hydrogens is 257 g/mol. The van der Waals surface area contributed by atoms with Gasteiger partial charge in [0.25, 0.3) is 0 Å². The van der Waals surface area contributed by atoms with Gasteiger partial charge in [0.2, 0.25) is 0 Å². The van der Waals surface area contributed by atoms with Gasteiger partial charge in [-0.3, -0.25) is 4.79 Å². The summed E-state index contributed by atoms with van der Waals surface area (Å²) in [5, 5.41) is 0. The SMILES string of the molecule is CCOC(C)(CC)C(=O)c1ccccc1C(F)(F)F. The van der Waals surface area contributed by atoms with E-state index >= 15 is 0 Å². The predicted molar refractivity (Wildman–Crippen MR) is 66.1 cm³/mol. The molecule has 0 spiro atoms. The molecular formula is C14H17F3O2. The lowest BCUT2D eigenvalue weighted by atomic mass is 9.89. The third kappa shape index (κ3) is 3.35. The quantitative estimate of drug-likeness (QED) is 0.756. The van der Waals surface area contributed by atoms with E-state index in [9.17, 15) is 18.0 Å². The highest BCUT2D eigenvalue weighted by Gasteiger charge is 2.40. The van der Waals surface area contributed by atoms with Crippen LogP contribution in [0.25, 0.3) is 0 Å². The molecule has 1 aromatic rings. The summed E-state index contributed by atoms with van der Waals surface area (Å²) >= 11 is 0. The van der Waals surface area contributed by atoms with Crippen molar-refractivity contribution >= 4 is 5.78 Å². The van der Waals surface area contributed by atoms with Crippen LogP contribution >= 0.6 is 0 Å². The standard InChI is InChI=1S/C14H17F3O2/c1-4-13(3,19-5-2)12(18)10-8-6-7-9-11(10)14(15,16)17/h6-9H,4-5H2,1-3H3. The van der Waals surface area contributed by atoms with Crippen LogP contribution in [0.2, 0.25) is 0 Å². The minimum absolute atomic E-state index is 0.268. The second-order valence-corrected chi connectivity index (χ2v) is 4.39. The maximum Gasteiger partial charge on any atom is 0.417 e. The minimum Gasteiger partial charge on any atom is -0.367 e. The summed E-state index contributed by atoms with van der Waals surface area (Å²) in [5.41, 5.74) is -2.48. The fourth-order valence-corrected chi connectivity index (χ4v) is 1.86. The highest BCUT2D eigenvalue weighted by atomic mass is 19.4. The number of ketones is 1. The molecule has 1 atom stereocenters. The van der Waals surface area contributed by atoms with Crippen molar-refractivity contribution in [3.05, 3.63) is 35.4 Å². The molecule has 0 saturated carbocycles. The van der Waals surface area contributed by atoms with E-state index in [2.05, 4.69) is 0 Å². The number of hydrogen-bond donors (Lipinski definition) is 0. The zero-order valence-corrected chi connectivity index (χ0v) is 11.2. The van der Waals surface area contributed by atoms with Gasteiger partial charge in [-0.2, -0.15) is 13.2 Å². The highest BCUT2D eigenvalue weighted by Crippen LogP contribution is 2.34. The molecule has 106 valence electrons. The Kier molecular flexibility index (Phi) is 4.74. The van der Waals surface area contributed by atoms with Crippen LogP contribution in [0, 0.1) is 0 Å². The lowest BCUT2D eigenvalue weighted by molar-refractivity contribution is -0.138.